The van der Waals surface area contributed by atoms with Gasteiger partial charge in [0.15, 0.2) is 0 Å². The number of Topliss-reactive ketones (excluding diaryl/α,β-unsaturated/α-hetero) is 2. The summed E-state index contributed by atoms with van der Waals surface area (Å²) in [7, 11) is 1.26. The standard InChI is InChI=1S/C11H16F2O4/c1-11(12,13)9(15)7-8(14)5-3-4-6-10(16)17-2/h3-7H2,1-2H3. The summed E-state index contributed by atoms with van der Waals surface area (Å²) < 4.78 is 29.3. The average Bonchev–Trinajstić information content (AvgIpc) is 2.22. The minimum Gasteiger partial charge on any atom is -0.469 e. The Balaban J connectivity index is 3.75. The maximum absolute atomic E-state index is 12.5. The van der Waals surface area contributed by atoms with Crippen LogP contribution in [0.4, 0.5) is 8.78 Å². The predicted molar refractivity (Wildman–Crippen MR) is 55.7 cm³/mol. The molecular formula is C11H16F2O4. The molecule has 0 fully saturated rings. The molecule has 0 aromatic rings. The minimum absolute atomic E-state index is 0.0266. The Bertz CT molecular complexity index is 294. The Morgan fingerprint density at radius 3 is 2.12 bits per heavy atom. The minimum atomic E-state index is -3.46. The van der Waals surface area contributed by atoms with Crippen molar-refractivity contribution in [3.05, 3.63) is 0 Å². The molecule has 0 unspecified atom stereocenters. The molecule has 0 aromatic carbocycles. The van der Waals surface area contributed by atoms with Gasteiger partial charge in [-0.15, -0.1) is 0 Å². The largest absolute Gasteiger partial charge is 0.469 e. The first kappa shape index (κ1) is 15.7. The number of alkyl halides is 2. The number of esters is 1. The van der Waals surface area contributed by atoms with Gasteiger partial charge < -0.3 is 4.74 Å². The van der Waals surface area contributed by atoms with E-state index < -0.39 is 23.9 Å². The third kappa shape index (κ3) is 7.54. The summed E-state index contributed by atoms with van der Waals surface area (Å²) in [5.41, 5.74) is 0. The fourth-order valence-electron chi connectivity index (χ4n) is 1.12. The summed E-state index contributed by atoms with van der Waals surface area (Å²) in [6, 6.07) is 0. The van der Waals surface area contributed by atoms with E-state index in [9.17, 15) is 23.2 Å². The van der Waals surface area contributed by atoms with Crippen molar-refractivity contribution in [2.75, 3.05) is 7.11 Å². The highest BCUT2D eigenvalue weighted by atomic mass is 19.3. The van der Waals surface area contributed by atoms with Crippen LogP contribution in [0.25, 0.3) is 0 Å². The first-order valence-electron chi connectivity index (χ1n) is 5.27. The molecule has 0 aliphatic heterocycles. The lowest BCUT2D eigenvalue weighted by atomic mass is 10.0. The highest BCUT2D eigenvalue weighted by molar-refractivity contribution is 6.02. The predicted octanol–water partition coefficient (Wildman–Crippen LogP) is 1.90. The molecule has 6 heteroatoms. The topological polar surface area (TPSA) is 60.4 Å². The van der Waals surface area contributed by atoms with Crippen molar-refractivity contribution in [3.8, 4) is 0 Å². The van der Waals surface area contributed by atoms with Gasteiger partial charge in [0, 0.05) is 19.8 Å². The number of unbranched alkanes of at least 4 members (excludes halogenated alkanes) is 1. The molecule has 0 aromatic heterocycles. The molecule has 4 nitrogen and oxygen atoms in total. The lowest BCUT2D eigenvalue weighted by Crippen LogP contribution is -2.26. The van der Waals surface area contributed by atoms with Crippen LogP contribution in [0, 0.1) is 0 Å². The van der Waals surface area contributed by atoms with Crippen molar-refractivity contribution in [1.29, 1.82) is 0 Å². The fraction of sp³-hybridized carbons (Fsp3) is 0.727. The first-order chi connectivity index (χ1) is 7.77. The Labute approximate surface area is 98.3 Å². The Morgan fingerprint density at radius 2 is 1.65 bits per heavy atom. The lowest BCUT2D eigenvalue weighted by molar-refractivity contribution is -0.144. The number of carbonyl (C=O) groups is 3. The summed E-state index contributed by atoms with van der Waals surface area (Å²) in [6.45, 7) is 0.472. The molecule has 0 atom stereocenters. The number of hydrogen-bond acceptors (Lipinski definition) is 4. The van der Waals surface area contributed by atoms with Crippen LogP contribution in [0.5, 0.6) is 0 Å². The molecule has 0 rings (SSSR count). The monoisotopic (exact) mass is 250 g/mol. The van der Waals surface area contributed by atoms with Crippen LogP contribution in [0.1, 0.15) is 39.0 Å². The van der Waals surface area contributed by atoms with E-state index in [2.05, 4.69) is 4.74 Å². The molecule has 0 aliphatic rings. The van der Waals surface area contributed by atoms with Gasteiger partial charge in [-0.1, -0.05) is 0 Å². The van der Waals surface area contributed by atoms with Crippen LogP contribution >= 0.6 is 0 Å². The summed E-state index contributed by atoms with van der Waals surface area (Å²) in [4.78, 5) is 32.7. The van der Waals surface area contributed by atoms with Gasteiger partial charge in [0.05, 0.1) is 13.5 Å². The number of methoxy groups -OCH3 is 1. The normalized spacial score (nSPS) is 11.1. The molecule has 0 N–H and O–H groups in total. The second kappa shape index (κ2) is 7.09. The zero-order valence-corrected chi connectivity index (χ0v) is 9.92. The first-order valence-corrected chi connectivity index (χ1v) is 5.27. The van der Waals surface area contributed by atoms with Crippen LogP contribution in [0.2, 0.25) is 0 Å². The Hall–Kier alpha value is -1.33. The fourth-order valence-corrected chi connectivity index (χ4v) is 1.12. The van der Waals surface area contributed by atoms with Gasteiger partial charge in [-0.25, -0.2) is 0 Å². The Kier molecular flexibility index (Phi) is 6.53. The maximum Gasteiger partial charge on any atom is 0.305 e. The van der Waals surface area contributed by atoms with Crippen molar-refractivity contribution in [3.63, 3.8) is 0 Å². The van der Waals surface area contributed by atoms with Gasteiger partial charge in [-0.3, -0.25) is 14.4 Å². The number of hydrogen-bond donors (Lipinski definition) is 0. The summed E-state index contributed by atoms with van der Waals surface area (Å²) in [5, 5.41) is 0. The van der Waals surface area contributed by atoms with Crippen LogP contribution in [0.3, 0.4) is 0 Å². The molecule has 98 valence electrons. The van der Waals surface area contributed by atoms with E-state index in [0.29, 0.717) is 19.8 Å². The molecule has 0 aliphatic carbocycles. The van der Waals surface area contributed by atoms with Crippen LogP contribution in [-0.2, 0) is 19.1 Å². The van der Waals surface area contributed by atoms with E-state index in [-0.39, 0.29) is 18.8 Å². The third-order valence-corrected chi connectivity index (χ3v) is 2.16. The van der Waals surface area contributed by atoms with E-state index >= 15 is 0 Å². The zero-order valence-electron chi connectivity index (χ0n) is 9.92. The van der Waals surface area contributed by atoms with Gasteiger partial charge in [-0.05, 0) is 12.8 Å². The van der Waals surface area contributed by atoms with E-state index in [4.69, 9.17) is 0 Å². The maximum atomic E-state index is 12.5. The van der Waals surface area contributed by atoms with Crippen molar-refractivity contribution >= 4 is 17.5 Å². The number of halogens is 2. The lowest BCUT2D eigenvalue weighted by Gasteiger charge is -2.07. The summed E-state index contributed by atoms with van der Waals surface area (Å²) >= 11 is 0. The second-order valence-electron chi connectivity index (χ2n) is 3.81. The van der Waals surface area contributed by atoms with Crippen molar-refractivity contribution in [1.82, 2.24) is 0 Å². The second-order valence-corrected chi connectivity index (χ2v) is 3.81. The summed E-state index contributed by atoms with van der Waals surface area (Å²) in [5.74, 6) is -5.73. The average molecular weight is 250 g/mol. The molecule has 0 spiro atoms. The SMILES string of the molecule is COC(=O)CCCCC(=O)CC(=O)C(C)(F)F. The van der Waals surface area contributed by atoms with Gasteiger partial charge in [-0.2, -0.15) is 8.78 Å². The zero-order chi connectivity index (χ0) is 13.5. The molecular weight excluding hydrogens is 234 g/mol. The van der Waals surface area contributed by atoms with E-state index in [1.807, 2.05) is 0 Å². The molecule has 0 amide bonds. The van der Waals surface area contributed by atoms with Gasteiger partial charge in [0.25, 0.3) is 0 Å². The number of carbonyl (C=O) groups excluding carboxylic acids is 3. The van der Waals surface area contributed by atoms with Crippen molar-refractivity contribution < 1.29 is 27.9 Å². The van der Waals surface area contributed by atoms with Gasteiger partial charge in [0.1, 0.15) is 5.78 Å². The highest BCUT2D eigenvalue weighted by Crippen LogP contribution is 2.16. The van der Waals surface area contributed by atoms with Crippen LogP contribution in [0.15, 0.2) is 0 Å². The van der Waals surface area contributed by atoms with E-state index in [0.717, 1.165) is 0 Å². The van der Waals surface area contributed by atoms with E-state index in [1.165, 1.54) is 7.11 Å². The summed E-state index contributed by atoms with van der Waals surface area (Å²) in [6.07, 6.45) is 0.286. The quantitative estimate of drug-likeness (QED) is 0.375. The van der Waals surface area contributed by atoms with Crippen molar-refractivity contribution in [2.24, 2.45) is 0 Å². The highest BCUT2D eigenvalue weighted by Gasteiger charge is 2.32. The van der Waals surface area contributed by atoms with E-state index in [1.54, 1.807) is 0 Å². The van der Waals surface area contributed by atoms with Gasteiger partial charge in [0.2, 0.25) is 5.78 Å². The Morgan fingerprint density at radius 1 is 1.12 bits per heavy atom. The molecule has 0 heterocycles. The molecule has 0 radical (unpaired) electrons. The van der Waals surface area contributed by atoms with Gasteiger partial charge >= 0.3 is 11.9 Å². The molecule has 0 bridgehead atoms. The van der Waals surface area contributed by atoms with Crippen molar-refractivity contribution in [2.45, 2.75) is 45.0 Å². The van der Waals surface area contributed by atoms with Crippen LogP contribution in [-0.4, -0.2) is 30.6 Å². The molecule has 0 saturated heterocycles. The number of rotatable bonds is 8. The molecule has 17 heavy (non-hydrogen) atoms. The number of ether oxygens (including phenoxy) is 1. The van der Waals surface area contributed by atoms with Crippen LogP contribution < -0.4 is 0 Å². The molecule has 0 saturated carbocycles. The third-order valence-electron chi connectivity index (χ3n) is 2.16. The smallest absolute Gasteiger partial charge is 0.305 e. The number of ketones is 2.